The fourth-order valence-electron chi connectivity index (χ4n) is 5.05. The van der Waals surface area contributed by atoms with E-state index in [1.807, 2.05) is 0 Å². The Hall–Kier alpha value is -4.68. The summed E-state index contributed by atoms with van der Waals surface area (Å²) in [6, 6.07) is 10.4. The zero-order valence-electron chi connectivity index (χ0n) is 27.5. The maximum atomic E-state index is 14.4. The van der Waals surface area contributed by atoms with Crippen LogP contribution in [0.1, 0.15) is 49.5 Å². The standard InChI is InChI=1S/C34H37Cl2N3O9/c1-34(2,3)48-33(43)38-27-19-10-13-25(44-5)26(17-19)47-21-11-8-18(9-12-21)14-24(32(42)46-7)39(4)31(41)28(37-30(27)40)20-15-22(35)29(45-6)23(36)16-20/h8-13,15-17,24,27-28H,14H2,1-7H3,(H,37,40)(H,38,43)/t24-,27+,28+/m0/s1. The SMILES string of the molecule is COC(=O)[C@@H]1Cc2ccc(cc2)Oc2cc(ccc2OC)[C@@H](NC(=O)OC(C)(C)C)C(=O)N[C@H](c2cc(Cl)c(OC)c(Cl)c2)C(=O)N1C. The number of likely N-dealkylation sites (N-methyl/N-ethyl adjacent to an activating group) is 1. The van der Waals surface area contributed by atoms with Gasteiger partial charge in [0.1, 0.15) is 29.5 Å². The molecule has 0 radical (unpaired) electrons. The van der Waals surface area contributed by atoms with E-state index in [4.69, 9.17) is 46.9 Å². The number of nitrogens with zero attached hydrogens (tertiary/aromatic N) is 1. The summed E-state index contributed by atoms with van der Waals surface area (Å²) in [4.78, 5) is 55.9. The van der Waals surface area contributed by atoms with E-state index in [1.54, 1.807) is 57.2 Å². The van der Waals surface area contributed by atoms with Crippen LogP contribution < -0.4 is 24.8 Å². The van der Waals surface area contributed by atoms with Crippen molar-refractivity contribution < 1.29 is 42.9 Å². The molecule has 0 unspecified atom stereocenters. The van der Waals surface area contributed by atoms with Crippen LogP contribution in [-0.2, 0) is 30.3 Å². The van der Waals surface area contributed by atoms with E-state index in [9.17, 15) is 19.2 Å². The van der Waals surface area contributed by atoms with Crippen molar-refractivity contribution in [2.45, 2.75) is 50.9 Å². The number of rotatable bonds is 5. The van der Waals surface area contributed by atoms with Crippen molar-refractivity contribution in [1.82, 2.24) is 15.5 Å². The first-order valence-electron chi connectivity index (χ1n) is 14.8. The van der Waals surface area contributed by atoms with Crippen LogP contribution in [0.15, 0.2) is 54.6 Å². The number of ether oxygens (including phenoxy) is 5. The maximum absolute atomic E-state index is 14.4. The molecule has 0 aliphatic carbocycles. The van der Waals surface area contributed by atoms with Crippen molar-refractivity contribution >= 4 is 47.1 Å². The summed E-state index contributed by atoms with van der Waals surface area (Å²) in [7, 11) is 5.48. The second kappa shape index (κ2) is 15.0. The Bertz CT molecular complexity index is 1670. The van der Waals surface area contributed by atoms with Gasteiger partial charge in [-0.1, -0.05) is 41.4 Å². The molecule has 0 saturated heterocycles. The zero-order chi connectivity index (χ0) is 35.3. The minimum Gasteiger partial charge on any atom is -0.494 e. The van der Waals surface area contributed by atoms with E-state index in [1.165, 1.54) is 51.5 Å². The first-order chi connectivity index (χ1) is 22.6. The number of nitrogens with one attached hydrogen (secondary N) is 2. The average molecular weight is 703 g/mol. The minimum atomic E-state index is -1.46. The molecule has 0 spiro atoms. The average Bonchev–Trinajstić information content (AvgIpc) is 3.03. The Morgan fingerprint density at radius 3 is 2.15 bits per heavy atom. The number of methoxy groups -OCH3 is 3. The Labute approximate surface area is 288 Å². The van der Waals surface area contributed by atoms with E-state index >= 15 is 0 Å². The molecule has 0 fully saturated rings. The molecule has 4 bridgehead atoms. The van der Waals surface area contributed by atoms with Crippen molar-refractivity contribution in [1.29, 1.82) is 0 Å². The number of carbonyl (C=O) groups excluding carboxylic acids is 4. The van der Waals surface area contributed by atoms with E-state index in [0.29, 0.717) is 17.1 Å². The number of esters is 1. The van der Waals surface area contributed by atoms with E-state index < -0.39 is 47.6 Å². The lowest BCUT2D eigenvalue weighted by atomic mass is 9.99. The summed E-state index contributed by atoms with van der Waals surface area (Å²) in [5.41, 5.74) is 0.262. The summed E-state index contributed by atoms with van der Waals surface area (Å²) in [6.07, 6.45) is -0.825. The molecule has 2 aliphatic heterocycles. The molecule has 2 heterocycles. The number of carbonyl (C=O) groups is 4. The van der Waals surface area contributed by atoms with Crippen LogP contribution in [0.5, 0.6) is 23.0 Å². The molecule has 48 heavy (non-hydrogen) atoms. The third kappa shape index (κ3) is 8.42. The van der Waals surface area contributed by atoms with Gasteiger partial charge in [-0.3, -0.25) is 9.59 Å². The lowest BCUT2D eigenvalue weighted by Crippen LogP contribution is -2.51. The van der Waals surface area contributed by atoms with Crippen molar-refractivity contribution in [2.24, 2.45) is 0 Å². The molecular weight excluding hydrogens is 665 g/mol. The van der Waals surface area contributed by atoms with Crippen LogP contribution in [0.2, 0.25) is 10.0 Å². The van der Waals surface area contributed by atoms with Crippen LogP contribution >= 0.6 is 23.2 Å². The fraction of sp³-hybridized carbons (Fsp3) is 0.353. The highest BCUT2D eigenvalue weighted by atomic mass is 35.5. The van der Waals surface area contributed by atoms with Gasteiger partial charge in [-0.25, -0.2) is 9.59 Å². The molecule has 3 aromatic rings. The second-order valence-corrected chi connectivity index (χ2v) is 12.7. The number of fused-ring (bicyclic) bond motifs is 9. The summed E-state index contributed by atoms with van der Waals surface area (Å²) >= 11 is 12.9. The molecule has 3 amide bonds. The largest absolute Gasteiger partial charge is 0.494 e. The van der Waals surface area contributed by atoms with E-state index in [0.717, 1.165) is 0 Å². The van der Waals surface area contributed by atoms with Crippen LogP contribution in [0, 0.1) is 0 Å². The van der Waals surface area contributed by atoms with Gasteiger partial charge in [-0.2, -0.15) is 0 Å². The smallest absolute Gasteiger partial charge is 0.408 e. The first kappa shape index (κ1) is 36.2. The topological polar surface area (TPSA) is 142 Å². The molecule has 256 valence electrons. The normalized spacial score (nSPS) is 18.4. The third-order valence-corrected chi connectivity index (χ3v) is 7.97. The van der Waals surface area contributed by atoms with Gasteiger partial charge in [0, 0.05) is 13.5 Å². The molecular formula is C34H37Cl2N3O9. The van der Waals surface area contributed by atoms with Gasteiger partial charge >= 0.3 is 12.1 Å². The molecule has 0 aromatic heterocycles. The van der Waals surface area contributed by atoms with Crippen molar-refractivity contribution in [2.75, 3.05) is 28.4 Å². The zero-order valence-corrected chi connectivity index (χ0v) is 29.0. The predicted octanol–water partition coefficient (Wildman–Crippen LogP) is 5.78. The van der Waals surface area contributed by atoms with E-state index in [-0.39, 0.29) is 39.1 Å². The third-order valence-electron chi connectivity index (χ3n) is 7.40. The van der Waals surface area contributed by atoms with Gasteiger partial charge in [0.15, 0.2) is 17.2 Å². The molecule has 0 saturated carbocycles. The molecule has 2 aliphatic rings. The number of alkyl carbamates (subject to hydrolysis) is 1. The van der Waals surface area contributed by atoms with E-state index in [2.05, 4.69) is 10.6 Å². The highest BCUT2D eigenvalue weighted by molar-refractivity contribution is 6.37. The molecule has 3 aromatic carbocycles. The quantitative estimate of drug-likeness (QED) is 0.317. The van der Waals surface area contributed by atoms with Gasteiger partial charge < -0.3 is 39.2 Å². The summed E-state index contributed by atoms with van der Waals surface area (Å²) in [5, 5.41) is 5.48. The first-order valence-corrected chi connectivity index (χ1v) is 15.5. The number of amides is 3. The monoisotopic (exact) mass is 701 g/mol. The Morgan fingerprint density at radius 1 is 0.938 bits per heavy atom. The Kier molecular flexibility index (Phi) is 11.3. The van der Waals surface area contributed by atoms with Gasteiger partial charge in [-0.15, -0.1) is 0 Å². The number of hydrogen-bond donors (Lipinski definition) is 2. The lowest BCUT2D eigenvalue weighted by Gasteiger charge is -2.32. The molecule has 12 nitrogen and oxygen atoms in total. The number of halogens is 2. The maximum Gasteiger partial charge on any atom is 0.408 e. The van der Waals surface area contributed by atoms with Crippen LogP contribution in [0.4, 0.5) is 4.79 Å². The summed E-state index contributed by atoms with van der Waals surface area (Å²) in [6.45, 7) is 5.03. The highest BCUT2D eigenvalue weighted by Crippen LogP contribution is 2.38. The van der Waals surface area contributed by atoms with Crippen molar-refractivity contribution in [3.63, 3.8) is 0 Å². The Balaban J connectivity index is 1.93. The van der Waals surface area contributed by atoms with Gasteiger partial charge in [0.25, 0.3) is 0 Å². The number of benzene rings is 3. The molecule has 3 atom stereocenters. The Morgan fingerprint density at radius 2 is 1.58 bits per heavy atom. The van der Waals surface area contributed by atoms with Crippen molar-refractivity contribution in [3.8, 4) is 23.0 Å². The number of hydrogen-bond acceptors (Lipinski definition) is 9. The van der Waals surface area contributed by atoms with Crippen LogP contribution in [-0.4, -0.2) is 68.8 Å². The lowest BCUT2D eigenvalue weighted by molar-refractivity contribution is -0.152. The van der Waals surface area contributed by atoms with Gasteiger partial charge in [0.2, 0.25) is 11.8 Å². The molecule has 2 N–H and O–H groups in total. The van der Waals surface area contributed by atoms with Crippen LogP contribution in [0.25, 0.3) is 0 Å². The van der Waals surface area contributed by atoms with Crippen molar-refractivity contribution in [3.05, 3.63) is 81.3 Å². The second-order valence-electron chi connectivity index (χ2n) is 11.9. The van der Waals surface area contributed by atoms with Crippen LogP contribution in [0.3, 0.4) is 0 Å². The minimum absolute atomic E-state index is 0.0710. The molecule has 5 rings (SSSR count). The summed E-state index contributed by atoms with van der Waals surface area (Å²) in [5.74, 6) is -1.02. The molecule has 14 heteroatoms. The summed E-state index contributed by atoms with van der Waals surface area (Å²) < 4.78 is 27.4. The van der Waals surface area contributed by atoms with Gasteiger partial charge in [0.05, 0.1) is 31.4 Å². The fourth-order valence-corrected chi connectivity index (χ4v) is 5.71. The predicted molar refractivity (Wildman–Crippen MR) is 178 cm³/mol. The van der Waals surface area contributed by atoms with Gasteiger partial charge in [-0.05, 0) is 73.9 Å². The highest BCUT2D eigenvalue weighted by Gasteiger charge is 2.37.